The third-order valence-electron chi connectivity index (χ3n) is 2.70. The maximum absolute atomic E-state index is 13.3. The van der Waals surface area contributed by atoms with Crippen molar-refractivity contribution < 1.29 is 12.8 Å². The van der Waals surface area contributed by atoms with Crippen LogP contribution in [0.15, 0.2) is 46.0 Å². The van der Waals surface area contributed by atoms with Gasteiger partial charge in [-0.15, -0.1) is 0 Å². The Kier molecular flexibility index (Phi) is 3.96. The maximum Gasteiger partial charge on any atom is 0.265 e. The van der Waals surface area contributed by atoms with Crippen LogP contribution in [-0.4, -0.2) is 20.4 Å². The fourth-order valence-corrected chi connectivity index (χ4v) is 3.76. The number of halogens is 2. The molecule has 106 valence electrons. The van der Waals surface area contributed by atoms with Gasteiger partial charge in [0.15, 0.2) is 0 Å². The highest BCUT2D eigenvalue weighted by Gasteiger charge is 2.25. The Bertz CT molecular complexity index is 738. The van der Waals surface area contributed by atoms with Crippen molar-refractivity contribution in [3.05, 3.63) is 46.9 Å². The zero-order valence-corrected chi connectivity index (χ0v) is 12.8. The molecule has 0 radical (unpaired) electrons. The van der Waals surface area contributed by atoms with E-state index in [9.17, 15) is 12.8 Å². The first-order valence-corrected chi connectivity index (χ1v) is 7.71. The van der Waals surface area contributed by atoms with E-state index in [2.05, 4.69) is 20.9 Å². The third-order valence-corrected chi connectivity index (χ3v) is 5.44. The first kappa shape index (κ1) is 14.7. The molecule has 0 amide bonds. The molecule has 8 heteroatoms. The van der Waals surface area contributed by atoms with Crippen LogP contribution in [0, 0.1) is 5.82 Å². The molecule has 0 bridgehead atoms. The molecule has 5 nitrogen and oxygen atoms in total. The van der Waals surface area contributed by atoms with Crippen LogP contribution in [0.25, 0.3) is 0 Å². The minimum atomic E-state index is -3.86. The lowest BCUT2D eigenvalue weighted by atomic mass is 10.3. The fourth-order valence-electron chi connectivity index (χ4n) is 1.57. The van der Waals surface area contributed by atoms with Gasteiger partial charge in [-0.1, -0.05) is 0 Å². The van der Waals surface area contributed by atoms with Crippen molar-refractivity contribution in [2.24, 2.45) is 0 Å². The van der Waals surface area contributed by atoms with E-state index in [4.69, 9.17) is 5.73 Å². The third kappa shape index (κ3) is 2.61. The molecule has 0 atom stereocenters. The predicted octanol–water partition coefficient (Wildman–Crippen LogP) is 2.39. The Morgan fingerprint density at radius 3 is 2.70 bits per heavy atom. The average Bonchev–Trinajstić information content (AvgIpc) is 2.42. The van der Waals surface area contributed by atoms with Gasteiger partial charge in [0.2, 0.25) is 0 Å². The zero-order valence-electron chi connectivity index (χ0n) is 10.4. The van der Waals surface area contributed by atoms with Gasteiger partial charge in [0.25, 0.3) is 10.0 Å². The lowest BCUT2D eigenvalue weighted by Crippen LogP contribution is -2.27. The first-order chi connectivity index (χ1) is 9.34. The number of sulfonamides is 1. The van der Waals surface area contributed by atoms with E-state index in [1.165, 1.54) is 19.4 Å². The summed E-state index contributed by atoms with van der Waals surface area (Å²) in [6.45, 7) is 0. The SMILES string of the molecule is CN(c1cccnc1)S(=O)(=O)c1cc(N)c(F)cc1Br. The molecule has 1 aromatic carbocycles. The average molecular weight is 360 g/mol. The summed E-state index contributed by atoms with van der Waals surface area (Å²) in [5.41, 5.74) is 5.59. The second kappa shape index (κ2) is 5.37. The number of pyridine rings is 1. The quantitative estimate of drug-likeness (QED) is 0.853. The molecule has 2 aromatic rings. The largest absolute Gasteiger partial charge is 0.396 e. The van der Waals surface area contributed by atoms with Gasteiger partial charge >= 0.3 is 0 Å². The van der Waals surface area contributed by atoms with Gasteiger partial charge in [0, 0.05) is 17.7 Å². The lowest BCUT2D eigenvalue weighted by molar-refractivity contribution is 0.592. The highest BCUT2D eigenvalue weighted by molar-refractivity contribution is 9.10. The van der Waals surface area contributed by atoms with E-state index in [1.807, 2.05) is 0 Å². The molecule has 1 heterocycles. The summed E-state index contributed by atoms with van der Waals surface area (Å²) in [5.74, 6) is -0.681. The second-order valence-corrected chi connectivity index (χ2v) is 6.78. The summed E-state index contributed by atoms with van der Waals surface area (Å²) in [4.78, 5) is 3.76. The minimum Gasteiger partial charge on any atom is -0.396 e. The van der Waals surface area contributed by atoms with E-state index in [0.717, 1.165) is 16.4 Å². The van der Waals surface area contributed by atoms with Crippen molar-refractivity contribution in [2.45, 2.75) is 4.90 Å². The van der Waals surface area contributed by atoms with Crippen LogP contribution in [0.3, 0.4) is 0 Å². The minimum absolute atomic E-state index is 0.109. The van der Waals surface area contributed by atoms with Crippen LogP contribution in [-0.2, 0) is 10.0 Å². The number of aromatic nitrogens is 1. The molecule has 2 rings (SSSR count). The Balaban J connectivity index is 2.54. The van der Waals surface area contributed by atoms with Crippen LogP contribution in [0.4, 0.5) is 15.8 Å². The number of nitrogens with zero attached hydrogens (tertiary/aromatic N) is 2. The van der Waals surface area contributed by atoms with Gasteiger partial charge in [0.1, 0.15) is 10.7 Å². The van der Waals surface area contributed by atoms with Crippen molar-refractivity contribution in [3.63, 3.8) is 0 Å². The molecule has 0 saturated carbocycles. The van der Waals surface area contributed by atoms with Gasteiger partial charge in [-0.05, 0) is 40.2 Å². The molecule has 20 heavy (non-hydrogen) atoms. The van der Waals surface area contributed by atoms with E-state index in [1.54, 1.807) is 12.1 Å². The van der Waals surface area contributed by atoms with Gasteiger partial charge in [-0.25, -0.2) is 12.8 Å². The number of nitrogens with two attached hydrogens (primary N) is 1. The molecule has 0 aliphatic carbocycles. The topological polar surface area (TPSA) is 76.3 Å². The van der Waals surface area contributed by atoms with Crippen molar-refractivity contribution >= 4 is 37.3 Å². The predicted molar refractivity (Wildman–Crippen MR) is 78.3 cm³/mol. The molecule has 0 unspecified atom stereocenters. The summed E-state index contributed by atoms with van der Waals surface area (Å²) >= 11 is 3.04. The van der Waals surface area contributed by atoms with Crippen LogP contribution in [0.2, 0.25) is 0 Å². The Hall–Kier alpha value is -1.67. The number of nitrogen functional groups attached to an aromatic ring is 1. The summed E-state index contributed by atoms with van der Waals surface area (Å²) in [6.07, 6.45) is 2.95. The van der Waals surface area contributed by atoms with Crippen molar-refractivity contribution in [1.82, 2.24) is 4.98 Å². The maximum atomic E-state index is 13.3. The van der Waals surface area contributed by atoms with E-state index >= 15 is 0 Å². The molecule has 0 saturated heterocycles. The monoisotopic (exact) mass is 359 g/mol. The number of hydrogen-bond acceptors (Lipinski definition) is 4. The van der Waals surface area contributed by atoms with Gasteiger partial charge < -0.3 is 5.73 Å². The molecule has 1 aromatic heterocycles. The highest BCUT2D eigenvalue weighted by Crippen LogP contribution is 2.30. The van der Waals surface area contributed by atoms with Crippen LogP contribution in [0.1, 0.15) is 0 Å². The summed E-state index contributed by atoms with van der Waals surface area (Å²) < 4.78 is 39.5. The van der Waals surface area contributed by atoms with Crippen molar-refractivity contribution in [1.29, 1.82) is 0 Å². The zero-order chi connectivity index (χ0) is 14.9. The van der Waals surface area contributed by atoms with Crippen LogP contribution in [0.5, 0.6) is 0 Å². The Morgan fingerprint density at radius 1 is 1.40 bits per heavy atom. The molecular weight excluding hydrogens is 349 g/mol. The summed E-state index contributed by atoms with van der Waals surface area (Å²) in [5, 5.41) is 0. The second-order valence-electron chi connectivity index (χ2n) is 3.99. The van der Waals surface area contributed by atoms with Gasteiger partial charge in [-0.3, -0.25) is 9.29 Å². The number of benzene rings is 1. The van der Waals surface area contributed by atoms with E-state index < -0.39 is 15.8 Å². The van der Waals surface area contributed by atoms with Crippen LogP contribution >= 0.6 is 15.9 Å². The van der Waals surface area contributed by atoms with Gasteiger partial charge in [-0.2, -0.15) is 0 Å². The number of rotatable bonds is 3. The number of hydrogen-bond donors (Lipinski definition) is 1. The number of anilines is 2. The smallest absolute Gasteiger partial charge is 0.265 e. The normalized spacial score (nSPS) is 11.3. The van der Waals surface area contributed by atoms with Crippen molar-refractivity contribution in [3.8, 4) is 0 Å². The Morgan fingerprint density at radius 2 is 2.10 bits per heavy atom. The first-order valence-electron chi connectivity index (χ1n) is 5.47. The van der Waals surface area contributed by atoms with Gasteiger partial charge in [0.05, 0.1) is 17.6 Å². The fraction of sp³-hybridized carbons (Fsp3) is 0.0833. The standard InChI is InChI=1S/C12H11BrFN3O2S/c1-17(8-3-2-4-16-7-8)20(18,19)12-6-11(15)10(14)5-9(12)13/h2-7H,15H2,1H3. The highest BCUT2D eigenvalue weighted by atomic mass is 79.9. The van der Waals surface area contributed by atoms with Crippen LogP contribution < -0.4 is 10.0 Å². The Labute approximate surface area is 124 Å². The van der Waals surface area contributed by atoms with E-state index in [-0.39, 0.29) is 15.1 Å². The summed E-state index contributed by atoms with van der Waals surface area (Å²) in [7, 11) is -2.47. The molecular formula is C12H11BrFN3O2S. The molecule has 0 spiro atoms. The summed E-state index contributed by atoms with van der Waals surface area (Å²) in [6, 6.07) is 5.33. The lowest BCUT2D eigenvalue weighted by Gasteiger charge is -2.20. The molecule has 2 N–H and O–H groups in total. The molecule has 0 fully saturated rings. The van der Waals surface area contributed by atoms with Crippen molar-refractivity contribution in [2.75, 3.05) is 17.1 Å². The van der Waals surface area contributed by atoms with E-state index in [0.29, 0.717) is 5.69 Å². The molecule has 0 aliphatic rings. The molecule has 0 aliphatic heterocycles.